The quantitative estimate of drug-likeness (QED) is 0.285. The predicted octanol–water partition coefficient (Wildman–Crippen LogP) is 5.68. The summed E-state index contributed by atoms with van der Waals surface area (Å²) in [6.07, 6.45) is 3.04. The molecule has 1 fully saturated rings. The van der Waals surface area contributed by atoms with Gasteiger partial charge in [0, 0.05) is 36.9 Å². The van der Waals surface area contributed by atoms with Crippen LogP contribution in [0.2, 0.25) is 5.02 Å². The van der Waals surface area contributed by atoms with E-state index in [0.717, 1.165) is 11.3 Å². The van der Waals surface area contributed by atoms with Gasteiger partial charge in [-0.15, -0.1) is 0 Å². The molecule has 212 valence electrons. The molecular formula is C31H32ClFN6O2. The van der Waals surface area contributed by atoms with Crippen molar-refractivity contribution in [2.24, 2.45) is 0 Å². The van der Waals surface area contributed by atoms with Crippen molar-refractivity contribution in [3.63, 3.8) is 0 Å². The Bertz CT molecular complexity index is 1720. The summed E-state index contributed by atoms with van der Waals surface area (Å²) in [5.74, 6) is -0.0521. The molecule has 4 aromatic rings. The van der Waals surface area contributed by atoms with E-state index >= 15 is 0 Å². The third-order valence-corrected chi connectivity index (χ3v) is 7.85. The summed E-state index contributed by atoms with van der Waals surface area (Å²) in [5, 5.41) is 0.923. The van der Waals surface area contributed by atoms with Crippen LogP contribution in [-0.4, -0.2) is 55.5 Å². The van der Waals surface area contributed by atoms with Crippen LogP contribution in [0.3, 0.4) is 0 Å². The Morgan fingerprint density at radius 3 is 2.49 bits per heavy atom. The van der Waals surface area contributed by atoms with Gasteiger partial charge in [0.05, 0.1) is 27.5 Å². The Morgan fingerprint density at radius 2 is 1.83 bits per heavy atom. The first-order valence-corrected chi connectivity index (χ1v) is 13.9. The number of hydrogen-bond donors (Lipinski definition) is 0. The molecule has 0 aliphatic carbocycles. The fraction of sp³-hybridized carbons (Fsp3) is 0.323. The van der Waals surface area contributed by atoms with E-state index in [9.17, 15) is 14.0 Å². The first-order valence-electron chi connectivity index (χ1n) is 13.6. The molecule has 10 heteroatoms. The largest absolute Gasteiger partial charge is 0.355 e. The van der Waals surface area contributed by atoms with Gasteiger partial charge in [0.25, 0.3) is 0 Å². The minimum atomic E-state index is -0.505. The Morgan fingerprint density at radius 1 is 1.12 bits per heavy atom. The number of benzene rings is 1. The van der Waals surface area contributed by atoms with Gasteiger partial charge in [0.15, 0.2) is 5.65 Å². The van der Waals surface area contributed by atoms with Gasteiger partial charge < -0.3 is 9.80 Å². The number of piperazine rings is 1. The van der Waals surface area contributed by atoms with Crippen LogP contribution in [-0.2, 0) is 4.79 Å². The second kappa shape index (κ2) is 11.0. The van der Waals surface area contributed by atoms with Crippen LogP contribution >= 0.6 is 11.6 Å². The molecule has 5 rings (SSSR count). The Balaban J connectivity index is 1.81. The van der Waals surface area contributed by atoms with Gasteiger partial charge in [-0.2, -0.15) is 4.98 Å². The van der Waals surface area contributed by atoms with Crippen LogP contribution in [0.25, 0.3) is 28.0 Å². The average molecular weight is 575 g/mol. The number of nitrogens with zero attached hydrogens (tertiary/aromatic N) is 6. The second-order valence-electron chi connectivity index (χ2n) is 10.8. The van der Waals surface area contributed by atoms with Crippen molar-refractivity contribution in [1.82, 2.24) is 24.4 Å². The Kier molecular flexibility index (Phi) is 7.66. The summed E-state index contributed by atoms with van der Waals surface area (Å²) in [5.41, 5.74) is 3.10. The van der Waals surface area contributed by atoms with Crippen molar-refractivity contribution in [2.45, 2.75) is 52.6 Å². The molecule has 1 aromatic carbocycles. The SMILES string of the molecule is C=CC(=O)N1C[C@H](C)N(c2nc(=O)n(-c3c(C)ccnc3C(C)C)c3nc(-c4ccc(F)cc4)c(Cl)cc23)C[C@H]1C. The molecule has 1 amide bonds. The lowest BCUT2D eigenvalue weighted by molar-refractivity contribution is -0.128. The molecular weight excluding hydrogens is 543 g/mol. The second-order valence-corrected chi connectivity index (χ2v) is 11.2. The normalized spacial score (nSPS) is 17.4. The van der Waals surface area contributed by atoms with E-state index in [1.54, 1.807) is 29.3 Å². The van der Waals surface area contributed by atoms with Gasteiger partial charge in [-0.3, -0.25) is 9.78 Å². The van der Waals surface area contributed by atoms with Crippen LogP contribution in [0.5, 0.6) is 0 Å². The van der Waals surface area contributed by atoms with Gasteiger partial charge >= 0.3 is 5.69 Å². The fourth-order valence-corrected chi connectivity index (χ4v) is 5.73. The summed E-state index contributed by atoms with van der Waals surface area (Å²) < 4.78 is 15.2. The molecule has 2 atom stereocenters. The lowest BCUT2D eigenvalue weighted by atomic mass is 10.0. The first kappa shape index (κ1) is 28.4. The molecule has 4 heterocycles. The molecule has 3 aromatic heterocycles. The molecule has 0 spiro atoms. The molecule has 8 nitrogen and oxygen atoms in total. The maximum atomic E-state index is 14.0. The van der Waals surface area contributed by atoms with E-state index < -0.39 is 5.69 Å². The van der Waals surface area contributed by atoms with Crippen LogP contribution < -0.4 is 10.6 Å². The van der Waals surface area contributed by atoms with E-state index in [1.165, 1.54) is 22.8 Å². The number of aromatic nitrogens is 4. The minimum Gasteiger partial charge on any atom is -0.349 e. The number of halogens is 2. The van der Waals surface area contributed by atoms with Crippen LogP contribution in [0.4, 0.5) is 10.2 Å². The highest BCUT2D eigenvalue weighted by molar-refractivity contribution is 6.33. The molecule has 0 saturated carbocycles. The standard InChI is InChI=1S/C31H32ClFN6O2/c1-7-25(40)37-15-20(6)38(16-19(37)5)29-23-14-24(32)27(21-8-10-22(33)11-9-21)35-30(23)39(31(41)36-29)28-18(4)12-13-34-26(28)17(2)3/h7-14,17,19-20H,1,15-16H2,2-6H3/t19-,20+/m1/s1. The number of fused-ring (bicyclic) bond motifs is 1. The lowest BCUT2D eigenvalue weighted by Crippen LogP contribution is -2.58. The van der Waals surface area contributed by atoms with E-state index in [-0.39, 0.29) is 29.7 Å². The molecule has 1 aliphatic heterocycles. The van der Waals surface area contributed by atoms with Gasteiger partial charge in [-0.1, -0.05) is 32.0 Å². The zero-order valence-corrected chi connectivity index (χ0v) is 24.5. The number of aryl methyl sites for hydroxylation is 1. The summed E-state index contributed by atoms with van der Waals surface area (Å²) in [6.45, 7) is 14.4. The van der Waals surface area contributed by atoms with Crippen LogP contribution in [0, 0.1) is 12.7 Å². The third-order valence-electron chi connectivity index (χ3n) is 7.56. The third kappa shape index (κ3) is 5.10. The van der Waals surface area contributed by atoms with Crippen molar-refractivity contribution in [3.8, 4) is 16.9 Å². The lowest BCUT2D eigenvalue weighted by Gasteiger charge is -2.44. The van der Waals surface area contributed by atoms with E-state index in [1.807, 2.05) is 45.6 Å². The van der Waals surface area contributed by atoms with Crippen molar-refractivity contribution >= 4 is 34.4 Å². The van der Waals surface area contributed by atoms with Crippen molar-refractivity contribution < 1.29 is 9.18 Å². The number of amides is 1. The maximum absolute atomic E-state index is 14.0. The first-order chi connectivity index (χ1) is 19.5. The number of anilines is 1. The average Bonchev–Trinajstić information content (AvgIpc) is 2.94. The van der Waals surface area contributed by atoms with E-state index in [4.69, 9.17) is 16.6 Å². The summed E-state index contributed by atoms with van der Waals surface area (Å²) >= 11 is 6.82. The molecule has 0 N–H and O–H groups in total. The van der Waals surface area contributed by atoms with Crippen molar-refractivity contribution in [2.75, 3.05) is 18.0 Å². The smallest absolute Gasteiger partial charge is 0.349 e. The number of rotatable bonds is 5. The topological polar surface area (TPSA) is 84.2 Å². The molecule has 1 aliphatic rings. The zero-order valence-electron chi connectivity index (χ0n) is 23.7. The van der Waals surface area contributed by atoms with Crippen molar-refractivity contribution in [3.05, 3.63) is 87.8 Å². The Hall–Kier alpha value is -4.11. The highest BCUT2D eigenvalue weighted by Crippen LogP contribution is 2.36. The molecule has 0 bridgehead atoms. The number of hydrogen-bond acceptors (Lipinski definition) is 6. The molecule has 1 saturated heterocycles. The molecule has 41 heavy (non-hydrogen) atoms. The highest BCUT2D eigenvalue weighted by Gasteiger charge is 2.34. The summed E-state index contributed by atoms with van der Waals surface area (Å²) in [6, 6.07) is 9.22. The van der Waals surface area contributed by atoms with Gasteiger partial charge in [-0.25, -0.2) is 18.7 Å². The summed E-state index contributed by atoms with van der Waals surface area (Å²) in [7, 11) is 0. The monoisotopic (exact) mass is 574 g/mol. The molecule has 0 unspecified atom stereocenters. The Labute approximate surface area is 243 Å². The predicted molar refractivity (Wildman–Crippen MR) is 160 cm³/mol. The van der Waals surface area contributed by atoms with Crippen molar-refractivity contribution in [1.29, 1.82) is 0 Å². The maximum Gasteiger partial charge on any atom is 0.355 e. The fourth-order valence-electron chi connectivity index (χ4n) is 5.47. The van der Waals surface area contributed by atoms with Gasteiger partial charge in [-0.05, 0) is 74.7 Å². The number of pyridine rings is 2. The number of carbonyl (C=O) groups is 1. The van der Waals surface area contributed by atoms with Gasteiger partial charge in [0.1, 0.15) is 11.6 Å². The minimum absolute atomic E-state index is 0.0201. The van der Waals surface area contributed by atoms with Crippen LogP contribution in [0.1, 0.15) is 44.9 Å². The van der Waals surface area contributed by atoms with E-state index in [0.29, 0.717) is 51.9 Å². The van der Waals surface area contributed by atoms with Gasteiger partial charge in [0.2, 0.25) is 5.91 Å². The summed E-state index contributed by atoms with van der Waals surface area (Å²) in [4.78, 5) is 44.4. The van der Waals surface area contributed by atoms with E-state index in [2.05, 4.69) is 16.5 Å². The zero-order chi connectivity index (χ0) is 29.6. The van der Waals surface area contributed by atoms with Crippen LogP contribution in [0.15, 0.2) is 60.0 Å². The highest BCUT2D eigenvalue weighted by atomic mass is 35.5. The number of carbonyl (C=O) groups excluding carboxylic acids is 1. The molecule has 0 radical (unpaired) electrons.